The molecule has 3 heteroatoms. The summed E-state index contributed by atoms with van der Waals surface area (Å²) in [6.07, 6.45) is 5.91. The van der Waals surface area contributed by atoms with Crippen LogP contribution in [0, 0.1) is 5.92 Å². The van der Waals surface area contributed by atoms with E-state index in [4.69, 9.17) is 10.5 Å². The third kappa shape index (κ3) is 3.72. The Balaban J connectivity index is 1.95. The van der Waals surface area contributed by atoms with Gasteiger partial charge in [-0.3, -0.25) is 0 Å². The molecule has 2 N–H and O–H groups in total. The molecule has 1 aromatic carbocycles. The lowest BCUT2D eigenvalue weighted by atomic mass is 9.86. The van der Waals surface area contributed by atoms with E-state index < -0.39 is 0 Å². The molecule has 1 aliphatic rings. The first-order chi connectivity index (χ1) is 8.69. The minimum atomic E-state index is 0.225. The van der Waals surface area contributed by atoms with Crippen molar-refractivity contribution in [2.24, 2.45) is 11.7 Å². The van der Waals surface area contributed by atoms with Gasteiger partial charge in [0.2, 0.25) is 0 Å². The van der Waals surface area contributed by atoms with Crippen molar-refractivity contribution in [3.05, 3.63) is 28.2 Å². The lowest BCUT2D eigenvalue weighted by Crippen LogP contribution is -2.22. The maximum atomic E-state index is 6.02. The van der Waals surface area contributed by atoms with Crippen LogP contribution in [0.25, 0.3) is 0 Å². The van der Waals surface area contributed by atoms with Crippen molar-refractivity contribution in [3.63, 3.8) is 0 Å². The molecule has 1 fully saturated rings. The fourth-order valence-electron chi connectivity index (χ4n) is 2.10. The minimum Gasteiger partial charge on any atom is -0.493 e. The molecular formula is C15H22BrNO. The Bertz CT molecular complexity index is 390. The monoisotopic (exact) mass is 311 g/mol. The first kappa shape index (κ1) is 13.9. The van der Waals surface area contributed by atoms with E-state index in [-0.39, 0.29) is 6.04 Å². The van der Waals surface area contributed by atoms with Gasteiger partial charge in [-0.25, -0.2) is 0 Å². The number of ether oxygens (including phenoxy) is 1. The maximum Gasteiger partial charge on any atom is 0.119 e. The van der Waals surface area contributed by atoms with Gasteiger partial charge in [-0.05, 0) is 55.4 Å². The van der Waals surface area contributed by atoms with Gasteiger partial charge in [0, 0.05) is 10.5 Å². The highest BCUT2D eigenvalue weighted by Gasteiger charge is 2.18. The average Bonchev–Trinajstić information content (AvgIpc) is 2.31. The predicted octanol–water partition coefficient (Wildman–Crippen LogP) is 3.91. The molecular weight excluding hydrogens is 290 g/mol. The van der Waals surface area contributed by atoms with E-state index >= 15 is 0 Å². The standard InChI is InChI=1S/C15H22BrNO/c1-2-13(17)8-12-9-14(6-7-15(12)16)18-10-11-4-3-5-11/h6-7,9,11,13H,2-5,8,10,17H2,1H3. The molecule has 0 heterocycles. The van der Waals surface area contributed by atoms with E-state index in [9.17, 15) is 0 Å². The predicted molar refractivity (Wildman–Crippen MR) is 78.9 cm³/mol. The fourth-order valence-corrected chi connectivity index (χ4v) is 2.51. The number of hydrogen-bond acceptors (Lipinski definition) is 2. The van der Waals surface area contributed by atoms with Gasteiger partial charge in [-0.15, -0.1) is 0 Å². The summed E-state index contributed by atoms with van der Waals surface area (Å²) in [5.74, 6) is 1.75. The van der Waals surface area contributed by atoms with Gasteiger partial charge in [-0.1, -0.05) is 29.3 Å². The maximum absolute atomic E-state index is 6.02. The topological polar surface area (TPSA) is 35.2 Å². The van der Waals surface area contributed by atoms with Gasteiger partial charge < -0.3 is 10.5 Å². The molecule has 1 saturated carbocycles. The molecule has 1 aliphatic carbocycles. The van der Waals surface area contributed by atoms with Crippen LogP contribution < -0.4 is 10.5 Å². The lowest BCUT2D eigenvalue weighted by Gasteiger charge is -2.25. The van der Waals surface area contributed by atoms with Gasteiger partial charge in [0.15, 0.2) is 0 Å². The molecule has 2 rings (SSSR count). The molecule has 1 unspecified atom stereocenters. The molecule has 0 aliphatic heterocycles. The van der Waals surface area contributed by atoms with E-state index in [1.807, 2.05) is 6.07 Å². The smallest absolute Gasteiger partial charge is 0.119 e. The summed E-state index contributed by atoms with van der Waals surface area (Å²) < 4.78 is 6.99. The number of nitrogens with two attached hydrogens (primary N) is 1. The normalized spacial score (nSPS) is 17.3. The Morgan fingerprint density at radius 3 is 2.83 bits per heavy atom. The van der Waals surface area contributed by atoms with Crippen molar-refractivity contribution in [1.29, 1.82) is 0 Å². The van der Waals surface area contributed by atoms with Crippen LogP contribution in [-0.4, -0.2) is 12.6 Å². The summed E-state index contributed by atoms with van der Waals surface area (Å²) in [4.78, 5) is 0. The number of halogens is 1. The van der Waals surface area contributed by atoms with Crippen molar-refractivity contribution in [2.45, 2.75) is 45.1 Å². The van der Waals surface area contributed by atoms with Crippen molar-refractivity contribution < 1.29 is 4.74 Å². The summed E-state index contributed by atoms with van der Waals surface area (Å²) in [6.45, 7) is 2.98. The van der Waals surface area contributed by atoms with Crippen LogP contribution in [0.1, 0.15) is 38.2 Å². The summed E-state index contributed by atoms with van der Waals surface area (Å²) >= 11 is 3.58. The van der Waals surface area contributed by atoms with Crippen LogP contribution in [0.5, 0.6) is 5.75 Å². The third-order valence-electron chi connectivity index (χ3n) is 3.73. The fraction of sp³-hybridized carbons (Fsp3) is 0.600. The van der Waals surface area contributed by atoms with E-state index in [0.717, 1.165) is 35.6 Å². The molecule has 1 atom stereocenters. The molecule has 18 heavy (non-hydrogen) atoms. The Morgan fingerprint density at radius 1 is 1.44 bits per heavy atom. The van der Waals surface area contributed by atoms with Crippen LogP contribution >= 0.6 is 15.9 Å². The van der Waals surface area contributed by atoms with Gasteiger partial charge in [0.05, 0.1) is 6.61 Å². The lowest BCUT2D eigenvalue weighted by molar-refractivity contribution is 0.180. The number of rotatable bonds is 6. The molecule has 0 radical (unpaired) electrons. The number of hydrogen-bond donors (Lipinski definition) is 1. The van der Waals surface area contributed by atoms with Gasteiger partial charge in [-0.2, -0.15) is 0 Å². The molecule has 0 aromatic heterocycles. The molecule has 0 amide bonds. The zero-order chi connectivity index (χ0) is 13.0. The molecule has 0 saturated heterocycles. The second-order valence-corrected chi connectivity index (χ2v) is 6.09. The van der Waals surface area contributed by atoms with E-state index in [0.29, 0.717) is 0 Å². The molecule has 1 aromatic rings. The van der Waals surface area contributed by atoms with Crippen LogP contribution in [0.3, 0.4) is 0 Å². The quantitative estimate of drug-likeness (QED) is 0.864. The molecule has 0 spiro atoms. The second kappa shape index (κ2) is 6.58. The molecule has 0 bridgehead atoms. The van der Waals surface area contributed by atoms with Crippen molar-refractivity contribution in [2.75, 3.05) is 6.61 Å². The first-order valence-corrected chi connectivity index (χ1v) is 7.65. The highest BCUT2D eigenvalue weighted by molar-refractivity contribution is 9.10. The van der Waals surface area contributed by atoms with Crippen molar-refractivity contribution >= 4 is 15.9 Å². The second-order valence-electron chi connectivity index (χ2n) is 5.23. The van der Waals surface area contributed by atoms with Crippen molar-refractivity contribution in [1.82, 2.24) is 0 Å². The van der Waals surface area contributed by atoms with Crippen LogP contribution in [0.4, 0.5) is 0 Å². The highest BCUT2D eigenvalue weighted by atomic mass is 79.9. The van der Waals surface area contributed by atoms with Crippen molar-refractivity contribution in [3.8, 4) is 5.75 Å². The average molecular weight is 312 g/mol. The zero-order valence-corrected chi connectivity index (χ0v) is 12.6. The SMILES string of the molecule is CCC(N)Cc1cc(OCC2CCC2)ccc1Br. The largest absolute Gasteiger partial charge is 0.493 e. The van der Waals surface area contributed by atoms with E-state index in [1.54, 1.807) is 0 Å². The van der Waals surface area contributed by atoms with Crippen LogP contribution in [-0.2, 0) is 6.42 Å². The Kier molecular flexibility index (Phi) is 5.07. The Labute approximate surface area is 118 Å². The summed E-state index contributed by atoms with van der Waals surface area (Å²) in [5.41, 5.74) is 7.26. The molecule has 100 valence electrons. The Hall–Kier alpha value is -0.540. The zero-order valence-electron chi connectivity index (χ0n) is 11.0. The van der Waals surface area contributed by atoms with E-state index in [2.05, 4.69) is 35.0 Å². The van der Waals surface area contributed by atoms with Crippen LogP contribution in [0.15, 0.2) is 22.7 Å². The van der Waals surface area contributed by atoms with E-state index in [1.165, 1.54) is 24.8 Å². The molecule has 2 nitrogen and oxygen atoms in total. The highest BCUT2D eigenvalue weighted by Crippen LogP contribution is 2.28. The summed E-state index contributed by atoms with van der Waals surface area (Å²) in [7, 11) is 0. The minimum absolute atomic E-state index is 0.225. The Morgan fingerprint density at radius 2 is 2.22 bits per heavy atom. The van der Waals surface area contributed by atoms with Gasteiger partial charge in [0.25, 0.3) is 0 Å². The number of benzene rings is 1. The van der Waals surface area contributed by atoms with Gasteiger partial charge >= 0.3 is 0 Å². The third-order valence-corrected chi connectivity index (χ3v) is 4.51. The van der Waals surface area contributed by atoms with Crippen LogP contribution in [0.2, 0.25) is 0 Å². The summed E-state index contributed by atoms with van der Waals surface area (Å²) in [6, 6.07) is 6.44. The van der Waals surface area contributed by atoms with Gasteiger partial charge in [0.1, 0.15) is 5.75 Å². The first-order valence-electron chi connectivity index (χ1n) is 6.86. The summed E-state index contributed by atoms with van der Waals surface area (Å²) in [5, 5.41) is 0.